The summed E-state index contributed by atoms with van der Waals surface area (Å²) in [5.74, 6) is -0.0263. The highest BCUT2D eigenvalue weighted by molar-refractivity contribution is 6.08. The molecule has 4 nitrogen and oxygen atoms in total. The van der Waals surface area contributed by atoms with Crippen LogP contribution in [0, 0.1) is 11.7 Å². The summed E-state index contributed by atoms with van der Waals surface area (Å²) in [4.78, 5) is 20.7. The number of fused-ring (bicyclic) bond motifs is 1. The fraction of sp³-hybridized carbons (Fsp3) is 0.188. The van der Waals surface area contributed by atoms with Crippen LogP contribution in [0.15, 0.2) is 42.9 Å². The van der Waals surface area contributed by atoms with Gasteiger partial charge in [0.1, 0.15) is 17.3 Å². The molecule has 3 heterocycles. The fourth-order valence-electron chi connectivity index (χ4n) is 2.26. The molecule has 0 saturated heterocycles. The molecule has 0 aliphatic carbocycles. The fourth-order valence-corrected chi connectivity index (χ4v) is 2.26. The van der Waals surface area contributed by atoms with E-state index < -0.39 is 5.82 Å². The average molecular weight is 283 g/mol. The lowest BCUT2D eigenvalue weighted by atomic mass is 10.0. The monoisotopic (exact) mass is 283 g/mol. The smallest absolute Gasteiger partial charge is 0.167 e. The van der Waals surface area contributed by atoms with Crippen LogP contribution in [0.1, 0.15) is 24.2 Å². The van der Waals surface area contributed by atoms with Crippen LogP contribution in [0.25, 0.3) is 16.9 Å². The molecule has 0 aliphatic heterocycles. The van der Waals surface area contributed by atoms with Crippen LogP contribution in [-0.4, -0.2) is 20.3 Å². The molecule has 3 aromatic rings. The molecule has 0 radical (unpaired) electrons. The summed E-state index contributed by atoms with van der Waals surface area (Å²) in [6, 6.07) is 6.82. The summed E-state index contributed by atoms with van der Waals surface area (Å²) in [5, 5.41) is 0.513. The summed E-state index contributed by atoms with van der Waals surface area (Å²) < 4.78 is 15.2. The Kier molecular flexibility index (Phi) is 3.25. The number of rotatable bonds is 3. The molecular weight excluding hydrogens is 269 g/mol. The minimum absolute atomic E-state index is 0.0397. The third-order valence-corrected chi connectivity index (χ3v) is 3.30. The van der Waals surface area contributed by atoms with Crippen molar-refractivity contribution in [3.8, 4) is 5.82 Å². The molecule has 21 heavy (non-hydrogen) atoms. The van der Waals surface area contributed by atoms with Crippen molar-refractivity contribution < 1.29 is 9.18 Å². The number of hydrogen-bond acceptors (Lipinski definition) is 3. The maximum absolute atomic E-state index is 13.5. The lowest BCUT2D eigenvalue weighted by Gasteiger charge is -2.02. The van der Waals surface area contributed by atoms with Gasteiger partial charge in [0.15, 0.2) is 5.78 Å². The van der Waals surface area contributed by atoms with Crippen LogP contribution in [0.2, 0.25) is 0 Å². The van der Waals surface area contributed by atoms with Gasteiger partial charge in [0.05, 0.1) is 6.20 Å². The van der Waals surface area contributed by atoms with E-state index in [1.165, 1.54) is 6.07 Å². The molecule has 0 fully saturated rings. The van der Waals surface area contributed by atoms with Crippen molar-refractivity contribution in [1.29, 1.82) is 0 Å². The molecule has 0 atom stereocenters. The molecule has 3 aromatic heterocycles. The standard InChI is InChI=1S/C16H14FN3O/c1-10(2)15(21)13-9-20(14-5-3-4-6-18-14)16-12(13)7-11(17)8-19-16/h3-10H,1-2H3. The van der Waals surface area contributed by atoms with Crippen molar-refractivity contribution >= 4 is 16.8 Å². The van der Waals surface area contributed by atoms with E-state index in [4.69, 9.17) is 0 Å². The van der Waals surface area contributed by atoms with Gasteiger partial charge in [0, 0.05) is 29.3 Å². The van der Waals surface area contributed by atoms with Crippen LogP contribution >= 0.6 is 0 Å². The van der Waals surface area contributed by atoms with E-state index >= 15 is 0 Å². The summed E-state index contributed by atoms with van der Waals surface area (Å²) in [7, 11) is 0. The Balaban J connectivity index is 2.30. The van der Waals surface area contributed by atoms with Gasteiger partial charge in [0.2, 0.25) is 0 Å². The number of hydrogen-bond donors (Lipinski definition) is 0. The Bertz CT molecular complexity index is 809. The van der Waals surface area contributed by atoms with Gasteiger partial charge in [-0.15, -0.1) is 0 Å². The molecule has 0 unspecified atom stereocenters. The maximum atomic E-state index is 13.5. The molecular formula is C16H14FN3O. The number of nitrogens with zero attached hydrogens (tertiary/aromatic N) is 3. The van der Waals surface area contributed by atoms with E-state index in [0.717, 1.165) is 6.20 Å². The van der Waals surface area contributed by atoms with Gasteiger partial charge in [-0.1, -0.05) is 19.9 Å². The van der Waals surface area contributed by atoms with Crippen molar-refractivity contribution in [1.82, 2.24) is 14.5 Å². The average Bonchev–Trinajstić information content (AvgIpc) is 2.85. The van der Waals surface area contributed by atoms with Gasteiger partial charge >= 0.3 is 0 Å². The van der Waals surface area contributed by atoms with E-state index in [-0.39, 0.29) is 11.7 Å². The van der Waals surface area contributed by atoms with E-state index in [0.29, 0.717) is 22.4 Å². The van der Waals surface area contributed by atoms with Crippen molar-refractivity contribution in [2.45, 2.75) is 13.8 Å². The van der Waals surface area contributed by atoms with Crippen LogP contribution in [0.5, 0.6) is 0 Å². The third kappa shape index (κ3) is 2.31. The molecule has 3 rings (SSSR count). The second-order valence-corrected chi connectivity index (χ2v) is 5.14. The van der Waals surface area contributed by atoms with Crippen molar-refractivity contribution in [3.05, 3.63) is 54.2 Å². The van der Waals surface area contributed by atoms with Crippen molar-refractivity contribution in [3.63, 3.8) is 0 Å². The number of carbonyl (C=O) groups is 1. The second kappa shape index (κ2) is 5.09. The maximum Gasteiger partial charge on any atom is 0.167 e. The van der Waals surface area contributed by atoms with Crippen LogP contribution in [-0.2, 0) is 0 Å². The number of aromatic nitrogens is 3. The molecule has 0 amide bonds. The molecule has 0 saturated carbocycles. The van der Waals surface area contributed by atoms with Crippen molar-refractivity contribution in [2.75, 3.05) is 0 Å². The SMILES string of the molecule is CC(C)C(=O)c1cn(-c2ccccn2)c2ncc(F)cc12. The molecule has 0 aliphatic rings. The number of Topliss-reactive ketones (excluding diaryl/α,β-unsaturated/α-hetero) is 1. The summed E-state index contributed by atoms with van der Waals surface area (Å²) in [5.41, 5.74) is 0.997. The highest BCUT2D eigenvalue weighted by atomic mass is 19.1. The zero-order valence-electron chi connectivity index (χ0n) is 11.7. The summed E-state index contributed by atoms with van der Waals surface area (Å²) in [6.07, 6.45) is 4.49. The highest BCUT2D eigenvalue weighted by Crippen LogP contribution is 2.25. The van der Waals surface area contributed by atoms with E-state index in [1.807, 2.05) is 32.0 Å². The van der Waals surface area contributed by atoms with Gasteiger partial charge in [-0.3, -0.25) is 9.36 Å². The van der Waals surface area contributed by atoms with Gasteiger partial charge in [-0.25, -0.2) is 14.4 Å². The normalized spacial score (nSPS) is 11.2. The van der Waals surface area contributed by atoms with Crippen LogP contribution < -0.4 is 0 Å². The van der Waals surface area contributed by atoms with E-state index in [1.54, 1.807) is 17.0 Å². The molecule has 0 N–H and O–H groups in total. The number of pyridine rings is 2. The quantitative estimate of drug-likeness (QED) is 0.692. The zero-order chi connectivity index (χ0) is 15.0. The molecule has 0 bridgehead atoms. The van der Waals surface area contributed by atoms with Gasteiger partial charge in [0.25, 0.3) is 0 Å². The minimum atomic E-state index is -0.459. The molecule has 0 aromatic carbocycles. The Morgan fingerprint density at radius 1 is 1.29 bits per heavy atom. The first kappa shape index (κ1) is 13.4. The Morgan fingerprint density at radius 3 is 2.76 bits per heavy atom. The topological polar surface area (TPSA) is 47.8 Å². The number of ketones is 1. The largest absolute Gasteiger partial charge is 0.294 e. The Hall–Kier alpha value is -2.56. The first-order chi connectivity index (χ1) is 10.1. The van der Waals surface area contributed by atoms with Crippen LogP contribution in [0.4, 0.5) is 4.39 Å². The van der Waals surface area contributed by atoms with E-state index in [2.05, 4.69) is 9.97 Å². The van der Waals surface area contributed by atoms with Crippen LogP contribution in [0.3, 0.4) is 0 Å². The lowest BCUT2D eigenvalue weighted by molar-refractivity contribution is 0.0941. The second-order valence-electron chi connectivity index (χ2n) is 5.14. The first-order valence-electron chi connectivity index (χ1n) is 6.70. The third-order valence-electron chi connectivity index (χ3n) is 3.30. The Labute approximate surface area is 121 Å². The first-order valence-corrected chi connectivity index (χ1v) is 6.70. The predicted octanol–water partition coefficient (Wildman–Crippen LogP) is 3.40. The highest BCUT2D eigenvalue weighted by Gasteiger charge is 2.19. The van der Waals surface area contributed by atoms with Gasteiger partial charge < -0.3 is 0 Å². The summed E-state index contributed by atoms with van der Waals surface area (Å²) in [6.45, 7) is 3.64. The van der Waals surface area contributed by atoms with Gasteiger partial charge in [-0.2, -0.15) is 0 Å². The van der Waals surface area contributed by atoms with E-state index in [9.17, 15) is 9.18 Å². The van der Waals surface area contributed by atoms with Gasteiger partial charge in [-0.05, 0) is 18.2 Å². The Morgan fingerprint density at radius 2 is 2.10 bits per heavy atom. The zero-order valence-corrected chi connectivity index (χ0v) is 11.7. The number of carbonyl (C=O) groups excluding carboxylic acids is 1. The summed E-state index contributed by atoms with van der Waals surface area (Å²) >= 11 is 0. The van der Waals surface area contributed by atoms with Crippen molar-refractivity contribution in [2.24, 2.45) is 5.92 Å². The number of halogens is 1. The molecule has 5 heteroatoms. The lowest BCUT2D eigenvalue weighted by Crippen LogP contribution is -2.06. The molecule has 0 spiro atoms. The minimum Gasteiger partial charge on any atom is -0.294 e. The molecule has 106 valence electrons. The predicted molar refractivity (Wildman–Crippen MR) is 78.0 cm³/mol.